The molecule has 3 heterocycles. The average Bonchev–Trinajstić information content (AvgIpc) is 3.75. The molecule has 1 saturated heterocycles. The molecule has 3 aromatic carbocycles. The third-order valence-electron chi connectivity index (χ3n) is 8.27. The second kappa shape index (κ2) is 9.78. The van der Waals surface area contributed by atoms with E-state index in [9.17, 15) is 0 Å². The lowest BCUT2D eigenvalue weighted by atomic mass is 10.0. The maximum Gasteiger partial charge on any atom is 0.183 e. The number of nitrogens with one attached hydrogen (secondary N) is 1. The van der Waals surface area contributed by atoms with Gasteiger partial charge >= 0.3 is 0 Å². The number of aromatic amines is 1. The van der Waals surface area contributed by atoms with E-state index in [1.165, 1.54) is 55.7 Å². The molecule has 2 aromatic heterocycles. The Morgan fingerprint density at radius 3 is 2.55 bits per heavy atom. The van der Waals surface area contributed by atoms with Crippen LogP contribution in [-0.2, 0) is 0 Å². The van der Waals surface area contributed by atoms with Gasteiger partial charge in [-0.3, -0.25) is 10.1 Å². The first-order valence-corrected chi connectivity index (χ1v) is 14.1. The van der Waals surface area contributed by atoms with Crippen LogP contribution in [0.25, 0.3) is 44.3 Å². The van der Waals surface area contributed by atoms with Crippen molar-refractivity contribution in [2.75, 3.05) is 24.7 Å². The maximum absolute atomic E-state index is 6.10. The Morgan fingerprint density at radius 2 is 1.68 bits per heavy atom. The monoisotopic (exact) mass is 506 g/mol. The zero-order valence-electron chi connectivity index (χ0n) is 22.0. The lowest BCUT2D eigenvalue weighted by Gasteiger charge is -2.17. The van der Waals surface area contributed by atoms with Gasteiger partial charge in [0.1, 0.15) is 11.6 Å². The largest absolute Gasteiger partial charge is 0.494 e. The van der Waals surface area contributed by atoms with Gasteiger partial charge in [0.15, 0.2) is 5.82 Å². The van der Waals surface area contributed by atoms with Crippen LogP contribution < -0.4 is 9.75 Å². The van der Waals surface area contributed by atoms with Gasteiger partial charge in [-0.1, -0.05) is 43.9 Å². The fraction of sp³-hybridized carbons (Fsp3) is 0.387. The standard InChI is InChI=1S/C31H34N6O/c1-21-32-31(35-37(21)36-15-4-5-16-36)26-11-13-29-28(20-26)30(34-33-29)25-9-8-24-19-27(12-10-23(24)18-25)38-17-14-22-6-2-3-7-22/h8-13,18-20,22H,2-7,14-17H2,1H3,(H,33,34). The summed E-state index contributed by atoms with van der Waals surface area (Å²) in [5.74, 6) is 3.48. The first-order chi connectivity index (χ1) is 18.7. The van der Waals surface area contributed by atoms with E-state index in [1.54, 1.807) is 0 Å². The molecule has 2 aliphatic rings. The Bertz CT molecular complexity index is 1590. The number of hydrogen-bond donors (Lipinski definition) is 1. The van der Waals surface area contributed by atoms with Crippen molar-refractivity contribution in [3.8, 4) is 28.4 Å². The highest BCUT2D eigenvalue weighted by atomic mass is 16.5. The maximum atomic E-state index is 6.10. The molecule has 7 rings (SSSR count). The topological polar surface area (TPSA) is 71.9 Å². The molecular weight excluding hydrogens is 472 g/mol. The van der Waals surface area contributed by atoms with Crippen molar-refractivity contribution in [2.45, 2.75) is 51.9 Å². The highest BCUT2D eigenvalue weighted by Crippen LogP contribution is 2.33. The van der Waals surface area contributed by atoms with E-state index >= 15 is 0 Å². The van der Waals surface area contributed by atoms with Crippen LogP contribution in [-0.4, -0.2) is 44.8 Å². The summed E-state index contributed by atoms with van der Waals surface area (Å²) in [7, 11) is 0. The third-order valence-corrected chi connectivity index (χ3v) is 8.27. The van der Waals surface area contributed by atoms with Crippen molar-refractivity contribution < 1.29 is 4.74 Å². The number of hydrogen-bond acceptors (Lipinski definition) is 5. The normalized spacial score (nSPS) is 16.3. The number of nitrogens with zero attached hydrogens (tertiary/aromatic N) is 5. The van der Waals surface area contributed by atoms with Crippen LogP contribution in [0.4, 0.5) is 0 Å². The minimum absolute atomic E-state index is 0.752. The Balaban J connectivity index is 1.14. The molecule has 0 amide bonds. The van der Waals surface area contributed by atoms with Gasteiger partial charge in [0.2, 0.25) is 0 Å². The molecule has 2 fully saturated rings. The first kappa shape index (κ1) is 23.3. The van der Waals surface area contributed by atoms with Crippen molar-refractivity contribution in [3.63, 3.8) is 0 Å². The number of fused-ring (bicyclic) bond motifs is 2. The summed E-state index contributed by atoms with van der Waals surface area (Å²) in [6.07, 6.45) is 9.08. The van der Waals surface area contributed by atoms with Crippen molar-refractivity contribution in [2.24, 2.45) is 5.92 Å². The van der Waals surface area contributed by atoms with Gasteiger partial charge in [-0.15, -0.1) is 5.10 Å². The molecule has 1 N–H and O–H groups in total. The molecule has 0 radical (unpaired) electrons. The molecule has 0 unspecified atom stereocenters. The highest BCUT2D eigenvalue weighted by molar-refractivity contribution is 5.97. The van der Waals surface area contributed by atoms with Crippen LogP contribution >= 0.6 is 0 Å². The van der Waals surface area contributed by atoms with Gasteiger partial charge in [-0.05, 0) is 79.3 Å². The molecule has 194 valence electrons. The summed E-state index contributed by atoms with van der Waals surface area (Å²) in [5.41, 5.74) is 4.03. The predicted octanol–water partition coefficient (Wildman–Crippen LogP) is 6.64. The van der Waals surface area contributed by atoms with Gasteiger partial charge in [-0.2, -0.15) is 9.89 Å². The third kappa shape index (κ3) is 4.40. The van der Waals surface area contributed by atoms with Crippen LogP contribution in [0.1, 0.15) is 50.8 Å². The second-order valence-corrected chi connectivity index (χ2v) is 10.9. The number of benzene rings is 3. The van der Waals surface area contributed by atoms with Crippen molar-refractivity contribution in [3.05, 3.63) is 60.4 Å². The van der Waals surface area contributed by atoms with E-state index in [0.29, 0.717) is 0 Å². The van der Waals surface area contributed by atoms with E-state index < -0.39 is 0 Å². The summed E-state index contributed by atoms with van der Waals surface area (Å²) in [5, 5.41) is 18.4. The smallest absolute Gasteiger partial charge is 0.183 e. The van der Waals surface area contributed by atoms with Crippen LogP contribution in [0.3, 0.4) is 0 Å². The molecule has 1 saturated carbocycles. The molecule has 38 heavy (non-hydrogen) atoms. The zero-order chi connectivity index (χ0) is 25.5. The zero-order valence-corrected chi connectivity index (χ0v) is 22.0. The molecule has 7 heteroatoms. The Hall–Kier alpha value is -3.87. The Kier molecular flexibility index (Phi) is 5.99. The predicted molar refractivity (Wildman–Crippen MR) is 152 cm³/mol. The van der Waals surface area contributed by atoms with Crippen molar-refractivity contribution >= 4 is 21.7 Å². The molecule has 7 nitrogen and oxygen atoms in total. The Morgan fingerprint density at radius 1 is 0.895 bits per heavy atom. The van der Waals surface area contributed by atoms with Gasteiger partial charge in [0, 0.05) is 29.6 Å². The number of rotatable bonds is 7. The van der Waals surface area contributed by atoms with E-state index in [4.69, 9.17) is 14.8 Å². The minimum Gasteiger partial charge on any atom is -0.494 e. The number of aromatic nitrogens is 5. The fourth-order valence-corrected chi connectivity index (χ4v) is 6.14. The first-order valence-electron chi connectivity index (χ1n) is 14.1. The van der Waals surface area contributed by atoms with Crippen LogP contribution in [0.5, 0.6) is 5.75 Å². The molecule has 0 bridgehead atoms. The van der Waals surface area contributed by atoms with Crippen LogP contribution in [0, 0.1) is 12.8 Å². The van der Waals surface area contributed by atoms with Gasteiger partial charge in [0.05, 0.1) is 17.8 Å². The molecular formula is C31H34N6O. The summed E-state index contributed by atoms with van der Waals surface area (Å²) >= 11 is 0. The average molecular weight is 507 g/mol. The van der Waals surface area contributed by atoms with E-state index in [-0.39, 0.29) is 0 Å². The number of aryl methyl sites for hydroxylation is 1. The summed E-state index contributed by atoms with van der Waals surface area (Å²) < 4.78 is 6.10. The summed E-state index contributed by atoms with van der Waals surface area (Å²) in [6, 6.07) is 19.2. The van der Waals surface area contributed by atoms with Crippen molar-refractivity contribution in [1.29, 1.82) is 0 Å². The number of ether oxygens (including phenoxy) is 1. The lowest BCUT2D eigenvalue weighted by molar-refractivity contribution is 0.279. The molecule has 0 atom stereocenters. The Labute approximate surface area is 222 Å². The quantitative estimate of drug-likeness (QED) is 0.268. The lowest BCUT2D eigenvalue weighted by Crippen LogP contribution is -2.33. The van der Waals surface area contributed by atoms with E-state index in [0.717, 1.165) is 70.7 Å². The molecule has 0 spiro atoms. The summed E-state index contributed by atoms with van der Waals surface area (Å²) in [6.45, 7) is 4.90. The van der Waals surface area contributed by atoms with Crippen LogP contribution in [0.2, 0.25) is 0 Å². The fourth-order valence-electron chi connectivity index (χ4n) is 6.14. The minimum atomic E-state index is 0.752. The van der Waals surface area contributed by atoms with E-state index in [1.807, 2.05) is 11.7 Å². The van der Waals surface area contributed by atoms with Crippen LogP contribution in [0.15, 0.2) is 54.6 Å². The molecule has 1 aliphatic carbocycles. The second-order valence-electron chi connectivity index (χ2n) is 10.9. The SMILES string of the molecule is Cc1nc(-c2ccc3[nH]nc(-c4ccc5cc(OCCC6CCCC6)ccc5c4)c3c2)nn1N1CCCC1. The van der Waals surface area contributed by atoms with Gasteiger partial charge < -0.3 is 4.74 Å². The van der Waals surface area contributed by atoms with E-state index in [2.05, 4.69) is 69.8 Å². The molecule has 5 aromatic rings. The highest BCUT2D eigenvalue weighted by Gasteiger charge is 2.19. The van der Waals surface area contributed by atoms with Crippen molar-refractivity contribution in [1.82, 2.24) is 25.1 Å². The number of H-pyrrole nitrogens is 1. The summed E-state index contributed by atoms with van der Waals surface area (Å²) in [4.78, 5) is 6.75. The van der Waals surface area contributed by atoms with Gasteiger partial charge in [0.25, 0.3) is 0 Å². The molecule has 1 aliphatic heterocycles. The van der Waals surface area contributed by atoms with Gasteiger partial charge in [-0.25, -0.2) is 4.98 Å².